The summed E-state index contributed by atoms with van der Waals surface area (Å²) >= 11 is 0. The molecule has 0 radical (unpaired) electrons. The average Bonchev–Trinajstić information content (AvgIpc) is 3.22. The molecular formula is C43H27O15S5-5. The number of hydrogen-bond acceptors (Lipinski definition) is 15. The van der Waals surface area contributed by atoms with Crippen molar-refractivity contribution < 1.29 is 64.9 Å². The largest absolute Gasteiger partial charge is 0.744 e. The first-order chi connectivity index (χ1) is 29.3. The van der Waals surface area contributed by atoms with Crippen LogP contribution in [0.3, 0.4) is 0 Å². The quantitative estimate of drug-likeness (QED) is 0.125. The highest BCUT2D eigenvalue weighted by Crippen LogP contribution is 2.56. The zero-order chi connectivity index (χ0) is 45.9. The molecule has 7 aromatic rings. The normalized spacial score (nSPS) is 12.6. The summed E-state index contributed by atoms with van der Waals surface area (Å²) in [4.78, 5) is -3.09. The fourth-order valence-electron chi connectivity index (χ4n) is 7.14. The van der Waals surface area contributed by atoms with E-state index in [0.717, 1.165) is 66.2 Å². The van der Waals surface area contributed by atoms with Gasteiger partial charge in [0, 0.05) is 0 Å². The first-order valence-corrected chi connectivity index (χ1v) is 25.0. The van der Waals surface area contributed by atoms with Gasteiger partial charge in [-0.05, 0) is 134 Å². The third kappa shape index (κ3) is 9.41. The van der Waals surface area contributed by atoms with Gasteiger partial charge in [0.1, 0.15) is 50.6 Å². The molecule has 0 saturated heterocycles. The van der Waals surface area contributed by atoms with Crippen molar-refractivity contribution in [3.05, 3.63) is 151 Å². The van der Waals surface area contributed by atoms with E-state index in [2.05, 4.69) is 0 Å². The molecule has 0 aliphatic rings. The van der Waals surface area contributed by atoms with Crippen LogP contribution in [0.2, 0.25) is 0 Å². The minimum atomic E-state index is -5.02. The fourth-order valence-corrected chi connectivity index (χ4v) is 9.49. The van der Waals surface area contributed by atoms with Crippen molar-refractivity contribution in [3.63, 3.8) is 0 Å². The molecule has 0 spiro atoms. The maximum atomic E-state index is 12.1. The number of aryl methyl sites for hydroxylation is 1. The lowest BCUT2D eigenvalue weighted by Crippen LogP contribution is -2.04. The topological polar surface area (TPSA) is 286 Å². The Kier molecular flexibility index (Phi) is 11.7. The molecule has 0 aliphatic heterocycles. The molecule has 0 amide bonds. The molecule has 0 unspecified atom stereocenters. The minimum Gasteiger partial charge on any atom is -0.744 e. The first kappa shape index (κ1) is 45.1. The molecule has 7 rings (SSSR count). The van der Waals surface area contributed by atoms with Gasteiger partial charge < -0.3 is 22.8 Å². The van der Waals surface area contributed by atoms with Crippen molar-refractivity contribution in [2.45, 2.75) is 31.4 Å². The molecule has 15 nitrogen and oxygen atoms in total. The zero-order valence-corrected chi connectivity index (χ0v) is 36.1. The summed E-state index contributed by atoms with van der Waals surface area (Å²) in [5.41, 5.74) is 3.41. The molecule has 0 N–H and O–H groups in total. The van der Waals surface area contributed by atoms with Crippen molar-refractivity contribution in [1.29, 1.82) is 0 Å². The van der Waals surface area contributed by atoms with E-state index < -0.39 is 75.1 Å². The number of benzene rings is 7. The maximum Gasteiger partial charge on any atom is 0.124 e. The minimum absolute atomic E-state index is 0.141. The molecule has 324 valence electrons. The van der Waals surface area contributed by atoms with Crippen molar-refractivity contribution >= 4 is 50.6 Å². The van der Waals surface area contributed by atoms with Crippen molar-refractivity contribution in [1.82, 2.24) is 0 Å². The van der Waals surface area contributed by atoms with Crippen LogP contribution < -0.4 is 0 Å². The Balaban J connectivity index is 1.82. The molecule has 0 aromatic heterocycles. The van der Waals surface area contributed by atoms with E-state index >= 15 is 0 Å². The van der Waals surface area contributed by atoms with Crippen LogP contribution in [-0.4, -0.2) is 64.9 Å². The van der Waals surface area contributed by atoms with Crippen molar-refractivity contribution in [3.8, 4) is 66.8 Å². The van der Waals surface area contributed by atoms with Gasteiger partial charge in [-0.3, -0.25) is 0 Å². The van der Waals surface area contributed by atoms with E-state index in [9.17, 15) is 64.9 Å². The van der Waals surface area contributed by atoms with Gasteiger partial charge in [-0.2, -0.15) is 0 Å². The molecule has 63 heavy (non-hydrogen) atoms. The lowest BCUT2D eigenvalue weighted by Gasteiger charge is -2.29. The predicted molar refractivity (Wildman–Crippen MR) is 224 cm³/mol. The summed E-state index contributed by atoms with van der Waals surface area (Å²) in [5, 5.41) is 0. The van der Waals surface area contributed by atoms with Gasteiger partial charge in [0.25, 0.3) is 0 Å². The summed E-state index contributed by atoms with van der Waals surface area (Å²) in [7, 11) is -25.0. The first-order valence-electron chi connectivity index (χ1n) is 17.9. The lowest BCUT2D eigenvalue weighted by molar-refractivity contribution is 0.461. The highest BCUT2D eigenvalue weighted by atomic mass is 32.2. The van der Waals surface area contributed by atoms with Gasteiger partial charge in [0.2, 0.25) is 0 Å². The maximum absolute atomic E-state index is 12.1. The average molecular weight is 944 g/mol. The summed E-state index contributed by atoms with van der Waals surface area (Å²) in [6.45, 7) is 1.80. The number of rotatable bonds is 11. The molecule has 0 fully saturated rings. The smallest absolute Gasteiger partial charge is 0.124 e. The van der Waals surface area contributed by atoms with Crippen LogP contribution in [0, 0.1) is 6.92 Å². The van der Waals surface area contributed by atoms with Gasteiger partial charge in [0.15, 0.2) is 0 Å². The highest BCUT2D eigenvalue weighted by Gasteiger charge is 2.30. The SMILES string of the molecule is Cc1ccc(-c2c(-c3ccc(S(=O)(=O)[O-])cc3)c(-c3ccc(S(=O)(=O)[O-])cc3)c(-c3ccc(S(=O)(=O)[O-])cc3)c(-c3ccc(S(=O)(=O)[O-])cc3)c2-c2ccc(S(=O)(=O)[O-])cc2)cc1. The molecule has 7 aromatic carbocycles. The molecule has 0 saturated carbocycles. The third-order valence-corrected chi connectivity index (χ3v) is 14.2. The van der Waals surface area contributed by atoms with Crippen LogP contribution in [0.15, 0.2) is 170 Å². The Hall–Kier alpha value is -5.91. The molecule has 0 aliphatic carbocycles. The molecule has 0 heterocycles. The van der Waals surface area contributed by atoms with Crippen LogP contribution in [-0.2, 0) is 50.6 Å². The van der Waals surface area contributed by atoms with E-state index in [-0.39, 0.29) is 55.6 Å². The standard InChI is InChI=1S/C43H32O15S5/c1-26-2-4-27(5-3-26)38-39(28-6-16-33(17-7-28)59(44,45)46)41(30-10-20-35(21-11-30)61(50,51)52)43(32-14-24-37(25-15-32)63(56,57)58)42(31-12-22-36(23-13-31)62(53,54)55)40(38)29-8-18-34(19-9-29)60(47,48)49/h2-25H,1H3,(H,44,45,46)(H,47,48,49)(H,50,51,52)(H,53,54,55)(H,56,57,58)/p-5. The van der Waals surface area contributed by atoms with E-state index in [1.165, 1.54) is 60.7 Å². The summed E-state index contributed by atoms with van der Waals surface area (Å²) in [5.74, 6) is 0. The van der Waals surface area contributed by atoms with E-state index in [4.69, 9.17) is 0 Å². The number of hydrogen-bond donors (Lipinski definition) is 0. The predicted octanol–water partition coefficient (Wildman–Crippen LogP) is 6.52. The summed E-state index contributed by atoms with van der Waals surface area (Å²) in [6, 6.07) is 30.3. The van der Waals surface area contributed by atoms with Crippen LogP contribution in [0.25, 0.3) is 66.8 Å². The van der Waals surface area contributed by atoms with Gasteiger partial charge in [-0.1, -0.05) is 90.5 Å². The van der Waals surface area contributed by atoms with Gasteiger partial charge in [0.05, 0.1) is 24.5 Å². The van der Waals surface area contributed by atoms with Crippen LogP contribution in [0.1, 0.15) is 5.56 Å². The summed E-state index contributed by atoms with van der Waals surface area (Å²) < 4.78 is 182. The Labute approximate surface area is 362 Å². The van der Waals surface area contributed by atoms with E-state index in [1.54, 1.807) is 31.2 Å². The van der Waals surface area contributed by atoms with Crippen LogP contribution in [0.5, 0.6) is 0 Å². The van der Waals surface area contributed by atoms with E-state index in [1.807, 2.05) is 0 Å². The monoisotopic (exact) mass is 943 g/mol. The Bertz CT molecular complexity index is 3320. The third-order valence-electron chi connectivity index (χ3n) is 10.00. The van der Waals surface area contributed by atoms with Crippen LogP contribution >= 0.6 is 0 Å². The second-order valence-corrected chi connectivity index (χ2v) is 20.9. The van der Waals surface area contributed by atoms with Gasteiger partial charge >= 0.3 is 0 Å². The van der Waals surface area contributed by atoms with E-state index in [0.29, 0.717) is 11.1 Å². The molecular weight excluding hydrogens is 917 g/mol. The Morgan fingerprint density at radius 3 is 0.492 bits per heavy atom. The highest BCUT2D eigenvalue weighted by molar-refractivity contribution is 7.86. The van der Waals surface area contributed by atoms with Crippen molar-refractivity contribution in [2.24, 2.45) is 0 Å². The lowest BCUT2D eigenvalue weighted by atomic mass is 9.74. The Morgan fingerprint density at radius 1 is 0.238 bits per heavy atom. The van der Waals surface area contributed by atoms with Gasteiger partial charge in [-0.25, -0.2) is 42.1 Å². The molecule has 20 heteroatoms. The second-order valence-electron chi connectivity index (χ2n) is 14.0. The zero-order valence-electron chi connectivity index (χ0n) is 32.0. The van der Waals surface area contributed by atoms with Gasteiger partial charge in [-0.15, -0.1) is 0 Å². The summed E-state index contributed by atoms with van der Waals surface area (Å²) in [6.07, 6.45) is 0. The fraction of sp³-hybridized carbons (Fsp3) is 0.0233. The molecule has 0 atom stereocenters. The molecule has 0 bridgehead atoms. The van der Waals surface area contributed by atoms with Crippen LogP contribution in [0.4, 0.5) is 0 Å². The second kappa shape index (κ2) is 16.3. The Morgan fingerprint density at radius 2 is 0.365 bits per heavy atom. The van der Waals surface area contributed by atoms with Crippen molar-refractivity contribution in [2.75, 3.05) is 0 Å².